The second kappa shape index (κ2) is 2.06. The van der Waals surface area contributed by atoms with Gasteiger partial charge in [-0.15, -0.1) is 11.7 Å². The molecule has 1 aliphatic rings. The molecular weight excluding hydrogens is 138 g/mol. The van der Waals surface area contributed by atoms with Gasteiger partial charge in [-0.1, -0.05) is 9.93 Å². The molecule has 10 heavy (non-hydrogen) atoms. The number of nitrogens with zero attached hydrogens (tertiary/aromatic N) is 4. The molecule has 10 N–H and O–H groups in total. The van der Waals surface area contributed by atoms with Crippen molar-refractivity contribution in [1.82, 2.24) is 15.6 Å². The van der Waals surface area contributed by atoms with E-state index in [-0.39, 0.29) is 6.67 Å². The van der Waals surface area contributed by atoms with Gasteiger partial charge in [0.25, 0.3) is 0 Å². The van der Waals surface area contributed by atoms with Gasteiger partial charge >= 0.3 is 0 Å². The van der Waals surface area contributed by atoms with E-state index >= 15 is 0 Å². The van der Waals surface area contributed by atoms with E-state index in [9.17, 15) is 0 Å². The second-order valence-electron chi connectivity index (χ2n) is 2.11. The molecule has 1 rings (SSSR count). The highest BCUT2D eigenvalue weighted by atomic mass is 16.3. The van der Waals surface area contributed by atoms with Gasteiger partial charge in [-0.05, 0) is 5.23 Å². The minimum absolute atomic E-state index is 0.118. The lowest BCUT2D eigenvalue weighted by Gasteiger charge is -2.24. The second-order valence-corrected chi connectivity index (χ2v) is 2.11. The van der Waals surface area contributed by atoms with E-state index in [2.05, 4.69) is 0 Å². The Balaban J connectivity index is 2.71. The summed E-state index contributed by atoms with van der Waals surface area (Å²) in [4.78, 5) is -0.576. The lowest BCUT2D eigenvalue weighted by atomic mass is 11.1. The van der Waals surface area contributed by atoms with Crippen molar-refractivity contribution in [2.24, 2.45) is 29.2 Å². The molecule has 1 saturated heterocycles. The van der Waals surface area contributed by atoms with E-state index in [0.29, 0.717) is 0 Å². The minimum atomic E-state index is -0.576. The first kappa shape index (κ1) is 7.74. The lowest BCUT2D eigenvalue weighted by Crippen LogP contribution is -2.71. The fourth-order valence-electron chi connectivity index (χ4n) is 0.650. The van der Waals surface area contributed by atoms with Gasteiger partial charge in [-0.2, -0.15) is 0 Å². The smallest absolute Gasteiger partial charge is 0.221 e. The molecule has 0 unspecified atom stereocenters. The van der Waals surface area contributed by atoms with Gasteiger partial charge in [0.1, 0.15) is 0 Å². The molecule has 0 radical (unpaired) electrons. The topological polar surface area (TPSA) is 140 Å². The Kier molecular flexibility index (Phi) is 1.60. The summed E-state index contributed by atoms with van der Waals surface area (Å²) in [5.41, 5.74) is 0. The maximum absolute atomic E-state index is 5.38. The molecule has 0 spiro atoms. The van der Waals surface area contributed by atoms with Crippen molar-refractivity contribution in [3.05, 3.63) is 0 Å². The normalized spacial score (nSPS) is 29.7. The summed E-state index contributed by atoms with van der Waals surface area (Å²) in [6, 6.07) is 0. The Hall–Kier alpha value is -0.360. The van der Waals surface area contributed by atoms with Gasteiger partial charge in [0.2, 0.25) is 6.67 Å². The predicted molar refractivity (Wildman–Crippen MR) is 31.6 cm³/mol. The van der Waals surface area contributed by atoms with Crippen LogP contribution >= 0.6 is 0 Å². The zero-order valence-corrected chi connectivity index (χ0v) is 5.38. The summed E-state index contributed by atoms with van der Waals surface area (Å²) in [7, 11) is 0. The highest BCUT2D eigenvalue weighted by molar-refractivity contribution is 4.29. The van der Waals surface area contributed by atoms with E-state index in [1.54, 1.807) is 0 Å². The molecule has 1 fully saturated rings. The van der Waals surface area contributed by atoms with Gasteiger partial charge < -0.3 is 0 Å². The van der Waals surface area contributed by atoms with E-state index < -0.39 is 4.81 Å². The van der Waals surface area contributed by atoms with Crippen molar-refractivity contribution >= 4 is 0 Å². The maximum atomic E-state index is 5.38. The Morgan fingerprint density at radius 3 is 1.70 bits per heavy atom. The number of nitrogens with two attached hydrogens (primary N) is 5. The van der Waals surface area contributed by atoms with Crippen LogP contribution in [0.3, 0.4) is 0 Å². The molecule has 1 heterocycles. The fourth-order valence-corrected chi connectivity index (χ4v) is 0.650. The average Bonchev–Trinajstić information content (AvgIpc) is 1.95. The van der Waals surface area contributed by atoms with E-state index in [1.165, 1.54) is 0 Å². The number of rotatable bonds is 0. The molecule has 0 atom stereocenters. The Morgan fingerprint density at radius 1 is 1.10 bits per heavy atom. The first-order chi connectivity index (χ1) is 4.45. The van der Waals surface area contributed by atoms with Crippen LogP contribution in [0.1, 0.15) is 0 Å². The fraction of sp³-hybridized carbons (Fsp3) is 1.00. The molecule has 1 aliphatic heterocycles. The summed E-state index contributed by atoms with van der Waals surface area (Å²) in [6.07, 6.45) is 0. The summed E-state index contributed by atoms with van der Waals surface area (Å²) in [5.74, 6) is 26.6. The zero-order chi connectivity index (χ0) is 7.94. The first-order valence-corrected chi connectivity index (χ1v) is 2.52. The van der Waals surface area contributed by atoms with Gasteiger partial charge in [-0.3, -0.25) is 0 Å². The summed E-state index contributed by atoms with van der Waals surface area (Å²) in [5, 5.41) is 2.89. The van der Waals surface area contributed by atoms with Crippen LogP contribution in [0.15, 0.2) is 0 Å². The average molecular weight is 150 g/mol. The van der Waals surface area contributed by atoms with Gasteiger partial charge in [-0.25, -0.2) is 17.5 Å². The maximum Gasteiger partial charge on any atom is 0.221 e. The molecule has 9 heteroatoms. The third-order valence-corrected chi connectivity index (χ3v) is 1.23. The van der Waals surface area contributed by atoms with Gasteiger partial charge in [0.15, 0.2) is 0 Å². The van der Waals surface area contributed by atoms with Crippen LogP contribution in [0, 0.1) is 0 Å². The Bertz CT molecular complexity index is 129. The van der Waals surface area contributed by atoms with E-state index in [4.69, 9.17) is 29.2 Å². The number of hydrogen-bond donors (Lipinski definition) is 5. The first-order valence-electron chi connectivity index (χ1n) is 2.52. The molecule has 0 bridgehead atoms. The highest BCUT2D eigenvalue weighted by Crippen LogP contribution is 2.04. The van der Waals surface area contributed by atoms with Crippen LogP contribution in [0.4, 0.5) is 0 Å². The summed E-state index contributed by atoms with van der Waals surface area (Å²) >= 11 is 0. The van der Waals surface area contributed by atoms with Crippen molar-refractivity contribution in [3.63, 3.8) is 0 Å². The molecule has 0 aromatic rings. The van der Waals surface area contributed by atoms with Crippen LogP contribution in [0.5, 0.6) is 0 Å². The van der Waals surface area contributed by atoms with Crippen LogP contribution < -0.4 is 29.2 Å². The number of hydrogen-bond acceptors (Lipinski definition) is 8. The Labute approximate surface area is 57.4 Å². The van der Waals surface area contributed by atoms with Gasteiger partial charge in [0.05, 0.1) is 5.23 Å². The van der Waals surface area contributed by atoms with E-state index in [0.717, 1.165) is 15.6 Å². The molecule has 0 aromatic carbocycles. The van der Waals surface area contributed by atoms with Crippen molar-refractivity contribution in [2.45, 2.75) is 0 Å². The molecular formula is CH12N9+. The third-order valence-electron chi connectivity index (χ3n) is 1.23. The molecule has 60 valence electrons. The highest BCUT2D eigenvalue weighted by Gasteiger charge is 2.43. The zero-order valence-electron chi connectivity index (χ0n) is 5.38. The summed E-state index contributed by atoms with van der Waals surface area (Å²) in [6.45, 7) is 0.118. The molecule has 0 saturated carbocycles. The lowest BCUT2D eigenvalue weighted by molar-refractivity contribution is -1.06. The van der Waals surface area contributed by atoms with Crippen molar-refractivity contribution < 1.29 is 4.81 Å². The van der Waals surface area contributed by atoms with Gasteiger partial charge in [0, 0.05) is 0 Å². The molecule has 0 aliphatic carbocycles. The number of quaternary nitrogens is 1. The Morgan fingerprint density at radius 2 is 1.60 bits per heavy atom. The quantitative estimate of drug-likeness (QED) is 0.173. The predicted octanol–water partition coefficient (Wildman–Crippen LogP) is -4.21. The van der Waals surface area contributed by atoms with Crippen molar-refractivity contribution in [3.8, 4) is 0 Å². The molecule has 9 nitrogen and oxygen atoms in total. The third kappa shape index (κ3) is 0.969. The standard InChI is InChI=1S/CH12N9/c2-7-1-10(5,6)9(4)8(7)3/h1-6H2/q+1. The van der Waals surface area contributed by atoms with Crippen LogP contribution in [-0.2, 0) is 0 Å². The van der Waals surface area contributed by atoms with Crippen molar-refractivity contribution in [1.29, 1.82) is 0 Å². The monoisotopic (exact) mass is 150 g/mol. The molecule has 0 aromatic heterocycles. The van der Waals surface area contributed by atoms with Crippen LogP contribution in [0.2, 0.25) is 0 Å². The SMILES string of the molecule is NN1C[N+](N)(N)N(N)N1N. The summed E-state index contributed by atoms with van der Waals surface area (Å²) < 4.78 is 0. The van der Waals surface area contributed by atoms with Crippen LogP contribution in [-0.4, -0.2) is 27.1 Å². The largest absolute Gasteiger partial charge is 0.247 e. The minimum Gasteiger partial charge on any atom is -0.247 e. The van der Waals surface area contributed by atoms with E-state index in [1.807, 2.05) is 0 Å². The molecule has 0 amide bonds. The van der Waals surface area contributed by atoms with Crippen LogP contribution in [0.25, 0.3) is 0 Å². The van der Waals surface area contributed by atoms with Crippen molar-refractivity contribution in [2.75, 3.05) is 6.67 Å². The number of hydrazine groups is 5.